The van der Waals surface area contributed by atoms with Crippen molar-refractivity contribution in [1.82, 2.24) is 0 Å². The Bertz CT molecular complexity index is 2250. The third kappa shape index (κ3) is 23.1. The molecule has 9 rings (SSSR count). The molecule has 6 bridgehead atoms. The van der Waals surface area contributed by atoms with E-state index in [0.717, 1.165) is 103 Å². The minimum absolute atomic E-state index is 0. The molecular weight excluding hydrogens is 1110 g/mol. The van der Waals surface area contributed by atoms with Crippen LogP contribution in [0.15, 0.2) is 24.3 Å². The van der Waals surface area contributed by atoms with Gasteiger partial charge in [-0.05, 0) is 267 Å². The normalized spacial score (nSPS) is 29.2. The van der Waals surface area contributed by atoms with Crippen LogP contribution in [0.3, 0.4) is 0 Å². The summed E-state index contributed by atoms with van der Waals surface area (Å²) in [6.45, 7) is 39.8. The first-order valence-electron chi connectivity index (χ1n) is 31.8. The van der Waals surface area contributed by atoms with Gasteiger partial charge in [0.05, 0.1) is 33.4 Å². The SMILES string of the molecule is C.C.C.C.C.C.C=C(C)C(=O)OC1(C)CCCC1.C=C(C)C(=O)OC1CC2CC1CC2CC(C)(C)O.CCC(C)(C)C(=O)OC1(C)CCCC1.CCC(C)(C)C(=O)OC1C2CC3C(=O)OC1C3C2.CCC(C)(C)C(=O)OC1CC2CC1CC2CC(C)(C)O. The largest absolute Gasteiger partial charge is 0.462 e. The molecule has 13 atom stereocenters. The van der Waals surface area contributed by atoms with Crippen LogP contribution in [-0.2, 0) is 57.2 Å². The van der Waals surface area contributed by atoms with E-state index in [1.54, 1.807) is 13.8 Å². The van der Waals surface area contributed by atoms with E-state index in [2.05, 4.69) is 20.1 Å². The van der Waals surface area contributed by atoms with Crippen molar-refractivity contribution in [3.05, 3.63) is 24.3 Å². The Morgan fingerprint density at radius 1 is 0.500 bits per heavy atom. The molecule has 14 nitrogen and oxygen atoms in total. The second-order valence-electron chi connectivity index (χ2n) is 30.5. The second-order valence-corrected chi connectivity index (χ2v) is 30.5. The summed E-state index contributed by atoms with van der Waals surface area (Å²) in [5, 5.41) is 19.9. The van der Waals surface area contributed by atoms with Crippen molar-refractivity contribution in [2.24, 2.45) is 69.5 Å². The van der Waals surface area contributed by atoms with Gasteiger partial charge in [-0.1, -0.05) is 78.5 Å². The summed E-state index contributed by atoms with van der Waals surface area (Å²) in [4.78, 5) is 70.5. The molecule has 88 heavy (non-hydrogen) atoms. The van der Waals surface area contributed by atoms with Crippen LogP contribution in [0.1, 0.15) is 297 Å². The topological polar surface area (TPSA) is 198 Å². The van der Waals surface area contributed by atoms with Crippen LogP contribution in [0.5, 0.6) is 0 Å². The van der Waals surface area contributed by atoms with Crippen molar-refractivity contribution in [3.63, 3.8) is 0 Å². The Hall–Kier alpha value is -3.78. The molecule has 8 saturated carbocycles. The highest BCUT2D eigenvalue weighted by Gasteiger charge is 2.63. The molecule has 8 aliphatic carbocycles. The van der Waals surface area contributed by atoms with Gasteiger partial charge < -0.3 is 38.6 Å². The van der Waals surface area contributed by atoms with Crippen molar-refractivity contribution in [3.8, 4) is 0 Å². The van der Waals surface area contributed by atoms with E-state index in [0.29, 0.717) is 58.5 Å². The van der Waals surface area contributed by atoms with Gasteiger partial charge in [0.15, 0.2) is 0 Å². The maximum absolute atomic E-state index is 12.2. The summed E-state index contributed by atoms with van der Waals surface area (Å²) < 4.78 is 33.2. The standard InChI is InChI=1S/C17H30O3.C15H24O3.C14H20O4.C12H22O2.C10H16O2.6CH4/c1-6-16(2,3)15(18)20-14-9-11-7-12(14)8-13(11)10-17(4,5)19;1-9(2)14(16)18-13-7-10-5-11(13)6-12(10)8-15(3,4)17;1-4-14(2,3)13(16)18-10-7-5-8-9(6-7)12(15)17-11(8)10;1-5-11(2,3)10(13)14-12(4)8-6-7-9-12;1-8(2)9(11)12-10(3)6-4-5-7-10;;;;;;/h11-14,19H,6-10H2,1-5H3;10-13,17H,1,5-8H2,2-4H3;7-11H,4-6H2,1-3H3;5-9H2,1-4H3;1,4-7H2,2-3H3;6*1H4. The lowest BCUT2D eigenvalue weighted by Gasteiger charge is -2.33. The first-order valence-corrected chi connectivity index (χ1v) is 31.8. The first kappa shape index (κ1) is 86.3. The zero-order valence-corrected chi connectivity index (χ0v) is 54.1. The van der Waals surface area contributed by atoms with Gasteiger partial charge in [0.1, 0.15) is 35.6 Å². The number of fused-ring (bicyclic) bond motifs is 5. The lowest BCUT2D eigenvalue weighted by molar-refractivity contribution is -0.170. The Morgan fingerprint density at radius 3 is 1.24 bits per heavy atom. The van der Waals surface area contributed by atoms with Gasteiger partial charge in [-0.2, -0.15) is 0 Å². The van der Waals surface area contributed by atoms with Crippen molar-refractivity contribution in [2.45, 2.75) is 344 Å². The molecule has 0 radical (unpaired) electrons. The predicted molar refractivity (Wildman–Crippen MR) is 358 cm³/mol. The van der Waals surface area contributed by atoms with E-state index in [4.69, 9.17) is 28.4 Å². The molecule has 1 heterocycles. The molecule has 0 amide bonds. The first-order chi connectivity index (χ1) is 37.7. The van der Waals surface area contributed by atoms with Crippen LogP contribution in [-0.4, -0.2) is 92.8 Å². The molecule has 516 valence electrons. The average Bonchev–Trinajstić information content (AvgIpc) is 1.62. The fourth-order valence-electron chi connectivity index (χ4n) is 14.2. The molecule has 14 heteroatoms. The lowest BCUT2D eigenvalue weighted by atomic mass is 9.80. The van der Waals surface area contributed by atoms with Gasteiger partial charge in [-0.15, -0.1) is 0 Å². The molecule has 9 fully saturated rings. The third-order valence-corrected chi connectivity index (χ3v) is 20.6. The number of esters is 6. The number of ether oxygens (including phenoxy) is 6. The summed E-state index contributed by atoms with van der Waals surface area (Å²) in [7, 11) is 0. The van der Waals surface area contributed by atoms with E-state index < -0.39 is 16.6 Å². The molecule has 1 aliphatic heterocycles. The maximum atomic E-state index is 12.2. The third-order valence-electron chi connectivity index (χ3n) is 20.6. The van der Waals surface area contributed by atoms with Crippen LogP contribution in [0.25, 0.3) is 0 Å². The van der Waals surface area contributed by atoms with Crippen LogP contribution >= 0.6 is 0 Å². The fraction of sp³-hybridized carbons (Fsp3) is 0.865. The zero-order chi connectivity index (χ0) is 61.7. The quantitative estimate of drug-likeness (QED) is 0.0792. The highest BCUT2D eigenvalue weighted by molar-refractivity contribution is 5.87. The summed E-state index contributed by atoms with van der Waals surface area (Å²) >= 11 is 0. The van der Waals surface area contributed by atoms with Crippen molar-refractivity contribution in [2.75, 3.05) is 0 Å². The minimum Gasteiger partial charge on any atom is -0.462 e. The summed E-state index contributed by atoms with van der Waals surface area (Å²) in [6.07, 6.45) is 21.0. The van der Waals surface area contributed by atoms with Crippen LogP contribution in [0, 0.1) is 69.5 Å². The number of hydrogen-bond acceptors (Lipinski definition) is 14. The van der Waals surface area contributed by atoms with E-state index in [-0.39, 0.29) is 133 Å². The summed E-state index contributed by atoms with van der Waals surface area (Å²) in [5.74, 6) is 3.32. The Labute approximate surface area is 538 Å². The Kier molecular flexibility index (Phi) is 33.6. The maximum Gasteiger partial charge on any atom is 0.333 e. The fourth-order valence-corrected chi connectivity index (χ4v) is 14.2. The molecule has 0 aromatic rings. The number of hydrogen-bond donors (Lipinski definition) is 2. The van der Waals surface area contributed by atoms with Crippen LogP contribution in [0.4, 0.5) is 0 Å². The number of carbonyl (C=O) groups excluding carboxylic acids is 6. The van der Waals surface area contributed by atoms with E-state index >= 15 is 0 Å². The molecule has 0 aromatic heterocycles. The molecule has 13 unspecified atom stereocenters. The smallest absolute Gasteiger partial charge is 0.333 e. The molecule has 0 aromatic carbocycles. The Balaban J connectivity index is 0. The van der Waals surface area contributed by atoms with Gasteiger partial charge in [-0.3, -0.25) is 19.2 Å². The van der Waals surface area contributed by atoms with Gasteiger partial charge in [0.2, 0.25) is 0 Å². The highest BCUT2D eigenvalue weighted by atomic mass is 16.6. The van der Waals surface area contributed by atoms with E-state index in [1.807, 2.05) is 96.9 Å². The molecule has 0 spiro atoms. The van der Waals surface area contributed by atoms with Gasteiger partial charge in [0.25, 0.3) is 0 Å². The van der Waals surface area contributed by atoms with Gasteiger partial charge in [-0.25, -0.2) is 9.59 Å². The number of carbonyl (C=O) groups is 6. The van der Waals surface area contributed by atoms with Gasteiger partial charge in [0, 0.05) is 23.0 Å². The van der Waals surface area contributed by atoms with Gasteiger partial charge >= 0.3 is 35.8 Å². The van der Waals surface area contributed by atoms with E-state index in [1.165, 1.54) is 32.1 Å². The van der Waals surface area contributed by atoms with Crippen molar-refractivity contribution >= 4 is 35.8 Å². The number of aliphatic hydroxyl groups is 2. The monoisotopic (exact) mass is 1250 g/mol. The number of rotatable bonds is 17. The molecule has 1 saturated heterocycles. The lowest BCUT2D eigenvalue weighted by Crippen LogP contribution is -2.39. The molecule has 9 aliphatic rings. The van der Waals surface area contributed by atoms with Crippen LogP contribution < -0.4 is 0 Å². The Morgan fingerprint density at radius 2 is 0.875 bits per heavy atom. The summed E-state index contributed by atoms with van der Waals surface area (Å²) in [5.41, 5.74) is -1.73. The predicted octanol–water partition coefficient (Wildman–Crippen LogP) is 17.7. The zero-order valence-electron chi connectivity index (χ0n) is 54.1. The van der Waals surface area contributed by atoms with Crippen molar-refractivity contribution in [1.29, 1.82) is 0 Å². The minimum atomic E-state index is -0.584. The highest BCUT2D eigenvalue weighted by Crippen LogP contribution is 2.56. The van der Waals surface area contributed by atoms with E-state index in [9.17, 15) is 39.0 Å². The second kappa shape index (κ2) is 34.2. The molecule has 2 N–H and O–H groups in total. The molecular formula is C74H136O14. The summed E-state index contributed by atoms with van der Waals surface area (Å²) in [6, 6.07) is 0. The average molecular weight is 1250 g/mol. The van der Waals surface area contributed by atoms with Crippen LogP contribution in [0.2, 0.25) is 0 Å². The van der Waals surface area contributed by atoms with Crippen molar-refractivity contribution < 1.29 is 67.4 Å².